The minimum atomic E-state index is -0.712. The molecule has 3 heteroatoms. The molecule has 1 aromatic rings. The molecule has 1 saturated heterocycles. The van der Waals surface area contributed by atoms with E-state index in [1.807, 2.05) is 6.92 Å². The average molecular weight is 223 g/mol. The number of piperidine rings is 1. The monoisotopic (exact) mass is 223 g/mol. The number of nitrogens with one attached hydrogen (secondary N) is 1. The third-order valence-electron chi connectivity index (χ3n) is 3.28. The zero-order chi connectivity index (χ0) is 11.6. The molecule has 0 amide bonds. The molecule has 16 heavy (non-hydrogen) atoms. The van der Waals surface area contributed by atoms with E-state index in [2.05, 4.69) is 5.32 Å². The maximum Gasteiger partial charge on any atom is 0.123 e. The summed E-state index contributed by atoms with van der Waals surface area (Å²) in [5.41, 5.74) is 1.24. The van der Waals surface area contributed by atoms with Gasteiger partial charge in [-0.15, -0.1) is 0 Å². The zero-order valence-electron chi connectivity index (χ0n) is 9.59. The molecule has 0 spiro atoms. The van der Waals surface area contributed by atoms with Crippen molar-refractivity contribution in [1.82, 2.24) is 5.32 Å². The van der Waals surface area contributed by atoms with Gasteiger partial charge in [0.05, 0.1) is 5.60 Å². The van der Waals surface area contributed by atoms with Crippen molar-refractivity contribution >= 4 is 0 Å². The lowest BCUT2D eigenvalue weighted by Gasteiger charge is -2.33. The Balaban J connectivity index is 2.15. The van der Waals surface area contributed by atoms with E-state index < -0.39 is 5.60 Å². The lowest BCUT2D eigenvalue weighted by Crippen LogP contribution is -2.47. The number of hydrogen-bond acceptors (Lipinski definition) is 2. The highest BCUT2D eigenvalue weighted by molar-refractivity contribution is 5.28. The molecular formula is C13H18FNO. The van der Waals surface area contributed by atoms with E-state index in [9.17, 15) is 9.50 Å². The van der Waals surface area contributed by atoms with Crippen LogP contribution in [0.3, 0.4) is 0 Å². The van der Waals surface area contributed by atoms with Gasteiger partial charge in [0, 0.05) is 13.0 Å². The molecule has 0 aromatic heterocycles. The average Bonchev–Trinajstić information content (AvgIpc) is 2.24. The summed E-state index contributed by atoms with van der Waals surface area (Å²) in [7, 11) is 0. The van der Waals surface area contributed by atoms with E-state index >= 15 is 0 Å². The molecule has 2 nitrogen and oxygen atoms in total. The van der Waals surface area contributed by atoms with Crippen molar-refractivity contribution in [3.63, 3.8) is 0 Å². The SMILES string of the molecule is Cc1ccc(F)cc1CC1(O)CCCNC1. The highest BCUT2D eigenvalue weighted by atomic mass is 19.1. The maximum atomic E-state index is 13.1. The number of aliphatic hydroxyl groups is 1. The van der Waals surface area contributed by atoms with Crippen LogP contribution in [0.15, 0.2) is 18.2 Å². The Bertz CT molecular complexity index is 372. The van der Waals surface area contributed by atoms with E-state index in [4.69, 9.17) is 0 Å². The van der Waals surface area contributed by atoms with Crippen LogP contribution in [0.4, 0.5) is 4.39 Å². The molecule has 1 heterocycles. The molecule has 1 unspecified atom stereocenters. The first kappa shape index (κ1) is 11.6. The van der Waals surface area contributed by atoms with Crippen LogP contribution < -0.4 is 5.32 Å². The van der Waals surface area contributed by atoms with Gasteiger partial charge < -0.3 is 10.4 Å². The molecule has 1 aliphatic rings. The standard InChI is InChI=1S/C13H18FNO/c1-10-3-4-12(14)7-11(10)8-13(16)5-2-6-15-9-13/h3-4,7,15-16H,2,5-6,8-9H2,1H3. The molecular weight excluding hydrogens is 205 g/mol. The van der Waals surface area contributed by atoms with Crippen molar-refractivity contribution in [3.8, 4) is 0 Å². The largest absolute Gasteiger partial charge is 0.388 e. The first-order valence-corrected chi connectivity index (χ1v) is 5.77. The summed E-state index contributed by atoms with van der Waals surface area (Å²) in [5, 5.41) is 13.5. The third kappa shape index (κ3) is 2.60. The summed E-state index contributed by atoms with van der Waals surface area (Å²) in [6.45, 7) is 3.52. The number of aryl methyl sites for hydroxylation is 1. The van der Waals surface area contributed by atoms with Gasteiger partial charge in [-0.05, 0) is 49.6 Å². The molecule has 0 aliphatic carbocycles. The van der Waals surface area contributed by atoms with Gasteiger partial charge in [-0.1, -0.05) is 6.07 Å². The molecule has 2 N–H and O–H groups in total. The second kappa shape index (κ2) is 4.52. The van der Waals surface area contributed by atoms with Crippen molar-refractivity contribution in [2.24, 2.45) is 0 Å². The van der Waals surface area contributed by atoms with Crippen LogP contribution in [-0.4, -0.2) is 23.8 Å². The Morgan fingerprint density at radius 3 is 3.00 bits per heavy atom. The highest BCUT2D eigenvalue weighted by Gasteiger charge is 2.29. The van der Waals surface area contributed by atoms with Crippen molar-refractivity contribution in [1.29, 1.82) is 0 Å². The van der Waals surface area contributed by atoms with Crippen LogP contribution in [-0.2, 0) is 6.42 Å². The molecule has 1 aromatic carbocycles. The number of benzene rings is 1. The summed E-state index contributed by atoms with van der Waals surface area (Å²) >= 11 is 0. The number of halogens is 1. The molecule has 2 rings (SSSR count). The summed E-state index contributed by atoms with van der Waals surface area (Å²) < 4.78 is 13.1. The van der Waals surface area contributed by atoms with Crippen molar-refractivity contribution in [2.75, 3.05) is 13.1 Å². The van der Waals surface area contributed by atoms with Gasteiger partial charge in [0.25, 0.3) is 0 Å². The number of β-amino-alcohol motifs (C(OH)–C–C–N with tert-alkyl or cyclic N) is 1. The van der Waals surface area contributed by atoms with Crippen LogP contribution in [0.5, 0.6) is 0 Å². The number of rotatable bonds is 2. The zero-order valence-corrected chi connectivity index (χ0v) is 9.59. The Kier molecular flexibility index (Phi) is 3.26. The van der Waals surface area contributed by atoms with Gasteiger partial charge in [-0.25, -0.2) is 4.39 Å². The van der Waals surface area contributed by atoms with Gasteiger partial charge in [-0.3, -0.25) is 0 Å². The molecule has 88 valence electrons. The topological polar surface area (TPSA) is 32.3 Å². The predicted octanol–water partition coefficient (Wildman–Crippen LogP) is 1.79. The highest BCUT2D eigenvalue weighted by Crippen LogP contribution is 2.23. The smallest absolute Gasteiger partial charge is 0.123 e. The molecule has 1 fully saturated rings. The van der Waals surface area contributed by atoms with Crippen LogP contribution in [0.2, 0.25) is 0 Å². The van der Waals surface area contributed by atoms with Crippen LogP contribution >= 0.6 is 0 Å². The van der Waals surface area contributed by atoms with E-state index in [1.54, 1.807) is 6.07 Å². The molecule has 0 saturated carbocycles. The van der Waals surface area contributed by atoms with E-state index in [-0.39, 0.29) is 5.82 Å². The molecule has 0 radical (unpaired) electrons. The fraction of sp³-hybridized carbons (Fsp3) is 0.538. The first-order chi connectivity index (χ1) is 7.59. The Labute approximate surface area is 95.5 Å². The Morgan fingerprint density at radius 2 is 2.31 bits per heavy atom. The van der Waals surface area contributed by atoms with E-state index in [0.717, 1.165) is 30.5 Å². The summed E-state index contributed by atoms with van der Waals surface area (Å²) in [4.78, 5) is 0. The maximum absolute atomic E-state index is 13.1. The molecule has 1 aliphatic heterocycles. The summed E-state index contributed by atoms with van der Waals surface area (Å²) in [6.07, 6.45) is 2.30. The quantitative estimate of drug-likeness (QED) is 0.801. The van der Waals surface area contributed by atoms with Gasteiger partial charge in [0.2, 0.25) is 0 Å². The van der Waals surface area contributed by atoms with Crippen molar-refractivity contribution in [3.05, 3.63) is 35.1 Å². The molecule has 0 bridgehead atoms. The fourth-order valence-electron chi connectivity index (χ4n) is 2.29. The minimum Gasteiger partial charge on any atom is -0.388 e. The predicted molar refractivity (Wildman–Crippen MR) is 61.9 cm³/mol. The lowest BCUT2D eigenvalue weighted by molar-refractivity contribution is 0.0168. The van der Waals surface area contributed by atoms with E-state index in [1.165, 1.54) is 12.1 Å². The normalized spacial score (nSPS) is 25.7. The van der Waals surface area contributed by atoms with Gasteiger partial charge >= 0.3 is 0 Å². The van der Waals surface area contributed by atoms with Crippen LogP contribution in [0.25, 0.3) is 0 Å². The van der Waals surface area contributed by atoms with Gasteiger partial charge in [0.1, 0.15) is 5.82 Å². The second-order valence-corrected chi connectivity index (χ2v) is 4.75. The summed E-state index contributed by atoms with van der Waals surface area (Å²) in [5.74, 6) is -0.229. The lowest BCUT2D eigenvalue weighted by atomic mass is 9.86. The summed E-state index contributed by atoms with van der Waals surface area (Å²) in [6, 6.07) is 4.76. The minimum absolute atomic E-state index is 0.229. The third-order valence-corrected chi connectivity index (χ3v) is 3.28. The van der Waals surface area contributed by atoms with Crippen molar-refractivity contribution in [2.45, 2.75) is 31.8 Å². The second-order valence-electron chi connectivity index (χ2n) is 4.75. The van der Waals surface area contributed by atoms with Crippen LogP contribution in [0, 0.1) is 12.7 Å². The Hall–Kier alpha value is -0.930. The van der Waals surface area contributed by atoms with Crippen LogP contribution in [0.1, 0.15) is 24.0 Å². The van der Waals surface area contributed by atoms with E-state index in [0.29, 0.717) is 13.0 Å². The fourth-order valence-corrected chi connectivity index (χ4v) is 2.29. The van der Waals surface area contributed by atoms with Crippen molar-refractivity contribution < 1.29 is 9.50 Å². The molecule has 1 atom stereocenters. The first-order valence-electron chi connectivity index (χ1n) is 5.77. The Morgan fingerprint density at radius 1 is 1.50 bits per heavy atom. The van der Waals surface area contributed by atoms with Gasteiger partial charge in [-0.2, -0.15) is 0 Å². The number of hydrogen-bond donors (Lipinski definition) is 2. The van der Waals surface area contributed by atoms with Gasteiger partial charge in [0.15, 0.2) is 0 Å².